The number of benzene rings is 4. The van der Waals surface area contributed by atoms with Gasteiger partial charge < -0.3 is 0 Å². The van der Waals surface area contributed by atoms with Crippen LogP contribution in [0.2, 0.25) is 0 Å². The summed E-state index contributed by atoms with van der Waals surface area (Å²) in [6.07, 6.45) is 27.6. The van der Waals surface area contributed by atoms with E-state index in [9.17, 15) is 0 Å². The molecule has 4 aromatic carbocycles. The van der Waals surface area contributed by atoms with E-state index in [2.05, 4.69) is 172 Å². The molecule has 0 nitrogen and oxygen atoms in total. The van der Waals surface area contributed by atoms with Crippen LogP contribution in [0.25, 0.3) is 41.0 Å². The number of hydrogen-bond acceptors (Lipinski definition) is 0. The van der Waals surface area contributed by atoms with Gasteiger partial charge in [0.2, 0.25) is 0 Å². The Kier molecular flexibility index (Phi) is 15.8. The monoisotopic (exact) mass is 1130 g/mol. The zero-order valence-corrected chi connectivity index (χ0v) is 44.9. The molecule has 0 radical (unpaired) electrons. The maximum atomic E-state index is 3.04. The Labute approximate surface area is 407 Å². The topological polar surface area (TPSA) is 0 Å². The van der Waals surface area contributed by atoms with Gasteiger partial charge in [-0.05, 0) is 0 Å². The van der Waals surface area contributed by atoms with Gasteiger partial charge in [-0.25, -0.2) is 0 Å². The summed E-state index contributed by atoms with van der Waals surface area (Å²) in [6, 6.07) is 29.1. The second kappa shape index (κ2) is 19.6. The molecule has 0 amide bonds. The van der Waals surface area contributed by atoms with Crippen molar-refractivity contribution in [2.24, 2.45) is 10.8 Å². The third-order valence-electron chi connectivity index (χ3n) is 14.3. The van der Waals surface area contributed by atoms with Gasteiger partial charge in [0.25, 0.3) is 0 Å². The van der Waals surface area contributed by atoms with Crippen molar-refractivity contribution in [1.29, 1.82) is 0 Å². The van der Waals surface area contributed by atoms with Crippen molar-refractivity contribution in [3.05, 3.63) is 116 Å². The molecule has 0 bridgehead atoms. The van der Waals surface area contributed by atoms with E-state index in [0.29, 0.717) is 10.8 Å². The largest absolute Gasteiger partial charge is 0.147 e. The normalized spacial score (nSPS) is 22.6. The number of halogens is 4. The molecule has 8 rings (SSSR count). The van der Waals surface area contributed by atoms with E-state index in [0.717, 1.165) is 0 Å². The van der Waals surface area contributed by atoms with E-state index in [1.807, 2.05) is 6.56 Å². The molecule has 2 atom stereocenters. The fourth-order valence-corrected chi connectivity index (χ4v) is 20.8. The maximum Gasteiger partial charge on any atom is -0.147 e. The molecule has 0 heterocycles. The molecule has 4 aromatic rings. The van der Waals surface area contributed by atoms with Gasteiger partial charge in [0.1, 0.15) is 0 Å². The van der Waals surface area contributed by atoms with Crippen molar-refractivity contribution in [3.63, 3.8) is 0 Å². The minimum atomic E-state index is -1.34. The predicted octanol–water partition coefficient (Wildman–Crippen LogP) is 14.3. The van der Waals surface area contributed by atoms with Crippen LogP contribution in [-0.4, -0.2) is 6.84 Å². The summed E-state index contributed by atoms with van der Waals surface area (Å²) < 4.78 is 3.77. The van der Waals surface area contributed by atoms with Crippen LogP contribution in [0.5, 0.6) is 0 Å². The Hall–Kier alpha value is -0.717. The van der Waals surface area contributed by atoms with Gasteiger partial charge in [0, 0.05) is 0 Å². The summed E-state index contributed by atoms with van der Waals surface area (Å²) in [5.74, 6) is 0. The van der Waals surface area contributed by atoms with Crippen molar-refractivity contribution in [2.45, 2.75) is 151 Å². The second-order valence-electron chi connectivity index (χ2n) is 19.1. The van der Waals surface area contributed by atoms with Gasteiger partial charge in [-0.15, -0.1) is 24.8 Å². The maximum absolute atomic E-state index is 3.04. The molecule has 5 heteroatoms. The van der Waals surface area contributed by atoms with Gasteiger partial charge in [-0.1, -0.05) is 0 Å². The van der Waals surface area contributed by atoms with E-state index in [-0.39, 0.29) is 31.7 Å². The van der Waals surface area contributed by atoms with Gasteiger partial charge >= 0.3 is 387 Å². The van der Waals surface area contributed by atoms with Crippen LogP contribution in [0.15, 0.2) is 72.8 Å². The number of hydrogen-bond donors (Lipinski definition) is 0. The number of aryl methyl sites for hydroxylation is 4. The SMILES string of the molecule is CCCC1(CC2(I)C=c3c(-c4cc(C)cc(C)c4)cccc3=[C]2[Zr][C]2=c3cccc(-c4cc(C)cc(C)c4)c3=CC2(I)CC2(CCC)CCCCC2)CCCCC1.Cl.Cl. The average molecular weight is 1130 g/mol. The molecule has 0 saturated heterocycles. The molecule has 4 aliphatic carbocycles. The minimum Gasteiger partial charge on any atom is -0.147 e. The second-order valence-corrected chi connectivity index (χ2v) is 26.1. The van der Waals surface area contributed by atoms with Crippen LogP contribution in [0, 0.1) is 38.5 Å². The zero-order valence-electron chi connectivity index (χ0n) is 36.5. The summed E-state index contributed by atoms with van der Waals surface area (Å²) in [5, 5.41) is 6.22. The molecule has 2 fully saturated rings. The fourth-order valence-electron chi connectivity index (χ4n) is 12.2. The first kappa shape index (κ1) is 47.8. The first-order chi connectivity index (χ1) is 27.4. The van der Waals surface area contributed by atoms with Crippen molar-refractivity contribution in [2.75, 3.05) is 0 Å². The average Bonchev–Trinajstić information content (AvgIpc) is 3.60. The Morgan fingerprint density at radius 2 is 0.864 bits per heavy atom. The summed E-state index contributed by atoms with van der Waals surface area (Å²) in [7, 11) is 0. The van der Waals surface area contributed by atoms with Crippen LogP contribution < -0.4 is 20.9 Å². The Balaban J connectivity index is 0.00000293. The molecular formula is C54H66Cl2I2Zr. The Morgan fingerprint density at radius 3 is 1.20 bits per heavy atom. The minimum absolute atomic E-state index is 0. The molecule has 2 saturated carbocycles. The molecule has 59 heavy (non-hydrogen) atoms. The molecule has 4 aliphatic rings. The van der Waals surface area contributed by atoms with Crippen LogP contribution in [0.3, 0.4) is 0 Å². The zero-order chi connectivity index (χ0) is 40.0. The van der Waals surface area contributed by atoms with Crippen molar-refractivity contribution in [1.82, 2.24) is 0 Å². The van der Waals surface area contributed by atoms with Gasteiger partial charge in [-0.3, -0.25) is 0 Å². The first-order valence-corrected chi connectivity index (χ1v) is 27.1. The fraction of sp³-hybridized carbons (Fsp3) is 0.481. The molecule has 0 N–H and O–H groups in total. The third kappa shape index (κ3) is 9.86. The summed E-state index contributed by atoms with van der Waals surface area (Å²) >= 11 is 4.75. The number of rotatable bonds is 12. The molecule has 0 aromatic heterocycles. The van der Waals surface area contributed by atoms with E-state index in [1.54, 1.807) is 10.4 Å². The van der Waals surface area contributed by atoms with E-state index < -0.39 is 23.2 Å². The predicted molar refractivity (Wildman–Crippen MR) is 275 cm³/mol. The quantitative estimate of drug-likeness (QED) is 0.0980. The van der Waals surface area contributed by atoms with Crippen LogP contribution >= 0.6 is 70.0 Å². The number of fused-ring (bicyclic) bond motifs is 2. The molecule has 0 aliphatic heterocycles. The molecule has 0 spiro atoms. The first-order valence-electron chi connectivity index (χ1n) is 22.4. The molecule has 2 unspecified atom stereocenters. The summed E-state index contributed by atoms with van der Waals surface area (Å²) in [5.41, 5.74) is 12.0. The van der Waals surface area contributed by atoms with E-state index >= 15 is 0 Å². The summed E-state index contributed by atoms with van der Waals surface area (Å²) in [4.78, 5) is 0. The van der Waals surface area contributed by atoms with Gasteiger partial charge in [0.05, 0.1) is 0 Å². The van der Waals surface area contributed by atoms with Crippen molar-refractivity contribution >= 4 is 88.7 Å². The van der Waals surface area contributed by atoms with Crippen LogP contribution in [0.1, 0.15) is 139 Å². The Morgan fingerprint density at radius 1 is 0.508 bits per heavy atom. The van der Waals surface area contributed by atoms with Crippen LogP contribution in [-0.2, 0) is 23.2 Å². The summed E-state index contributed by atoms with van der Waals surface area (Å²) in [6.45, 7) is 14.0. The van der Waals surface area contributed by atoms with Crippen molar-refractivity contribution < 1.29 is 23.2 Å². The Bertz CT molecular complexity index is 2200. The molecular weight excluding hydrogens is 1060 g/mol. The van der Waals surface area contributed by atoms with Crippen LogP contribution in [0.4, 0.5) is 0 Å². The van der Waals surface area contributed by atoms with Gasteiger partial charge in [0.15, 0.2) is 0 Å². The van der Waals surface area contributed by atoms with Gasteiger partial charge in [-0.2, -0.15) is 0 Å². The standard InChI is InChI=1S/2C27H32I.2ClH.Zr/c2*1-4-11-26(12-6-5-7-13-26)19-27(28)17-22-9-8-10-24(25(22)18-27)23-15-20(2)14-21(3)16-23;;;/h2*8-10,14-16,18H,4-7,11-13,19H2,1-3H3;2*1H;. The van der Waals surface area contributed by atoms with E-state index in [1.165, 1.54) is 158 Å². The van der Waals surface area contributed by atoms with Crippen molar-refractivity contribution in [3.8, 4) is 22.3 Å². The molecule has 314 valence electrons. The number of alkyl halides is 2. The third-order valence-corrected chi connectivity index (χ3v) is 24.0. The van der Waals surface area contributed by atoms with E-state index in [4.69, 9.17) is 0 Å². The smallest absolute Gasteiger partial charge is 0.147 e.